The van der Waals surface area contributed by atoms with Crippen LogP contribution in [0.3, 0.4) is 0 Å². The molecule has 0 unspecified atom stereocenters. The zero-order valence-corrected chi connectivity index (χ0v) is 17.1. The van der Waals surface area contributed by atoms with Crippen molar-refractivity contribution < 1.29 is 14.3 Å². The Balaban J connectivity index is 1.57. The Bertz CT molecular complexity index is 734. The molecule has 0 aromatic carbocycles. The number of anilines is 1. The highest BCUT2D eigenvalue weighted by atomic mass is 35.5. The lowest BCUT2D eigenvalue weighted by atomic mass is 10.2. The Morgan fingerprint density at radius 1 is 1.30 bits per heavy atom. The van der Waals surface area contributed by atoms with E-state index in [1.54, 1.807) is 22.1 Å². The van der Waals surface area contributed by atoms with Gasteiger partial charge in [-0.05, 0) is 45.7 Å². The largest absolute Gasteiger partial charge is 0.444 e. The second kappa shape index (κ2) is 7.64. The number of nitrogens with zero attached hydrogens (tertiary/aromatic N) is 4. The minimum Gasteiger partial charge on any atom is -0.444 e. The van der Waals surface area contributed by atoms with Crippen LogP contribution in [-0.2, 0) is 16.0 Å². The van der Waals surface area contributed by atoms with E-state index in [-0.39, 0.29) is 18.0 Å². The third kappa shape index (κ3) is 4.71. The van der Waals surface area contributed by atoms with Crippen molar-refractivity contribution in [1.29, 1.82) is 0 Å². The summed E-state index contributed by atoms with van der Waals surface area (Å²) in [7, 11) is 0. The van der Waals surface area contributed by atoms with Gasteiger partial charge in [-0.1, -0.05) is 11.6 Å². The van der Waals surface area contributed by atoms with Crippen LogP contribution in [0.5, 0.6) is 0 Å². The average molecular weight is 395 g/mol. The number of halogens is 1. The summed E-state index contributed by atoms with van der Waals surface area (Å²) in [4.78, 5) is 34.8. The number of piperazine rings is 1. The maximum atomic E-state index is 12.8. The topological polar surface area (TPSA) is 66.0 Å². The van der Waals surface area contributed by atoms with Crippen LogP contribution in [-0.4, -0.2) is 71.2 Å². The van der Waals surface area contributed by atoms with E-state index in [2.05, 4.69) is 9.88 Å². The van der Waals surface area contributed by atoms with E-state index in [9.17, 15) is 9.59 Å². The van der Waals surface area contributed by atoms with Crippen LogP contribution >= 0.6 is 11.6 Å². The van der Waals surface area contributed by atoms with Gasteiger partial charge in [0.25, 0.3) is 0 Å². The van der Waals surface area contributed by atoms with Crippen molar-refractivity contribution >= 4 is 29.3 Å². The fourth-order valence-corrected chi connectivity index (χ4v) is 3.70. The number of carbonyl (C=O) groups excluding carboxylic acids is 2. The van der Waals surface area contributed by atoms with Crippen molar-refractivity contribution in [2.24, 2.45) is 0 Å². The minimum atomic E-state index is -0.511. The Morgan fingerprint density at radius 3 is 2.70 bits per heavy atom. The van der Waals surface area contributed by atoms with Crippen LogP contribution in [0.25, 0.3) is 0 Å². The van der Waals surface area contributed by atoms with Gasteiger partial charge in [0.1, 0.15) is 10.8 Å². The molecular formula is C19H27ClN4O3. The summed E-state index contributed by atoms with van der Waals surface area (Å²) >= 11 is 5.99. The Labute approximate surface area is 165 Å². The molecule has 2 aliphatic rings. The van der Waals surface area contributed by atoms with Crippen molar-refractivity contribution in [2.45, 2.75) is 45.8 Å². The van der Waals surface area contributed by atoms with Crippen molar-refractivity contribution in [3.63, 3.8) is 0 Å². The molecule has 7 nitrogen and oxygen atoms in total. The molecule has 0 saturated carbocycles. The van der Waals surface area contributed by atoms with Gasteiger partial charge in [0.2, 0.25) is 5.91 Å². The first-order valence-corrected chi connectivity index (χ1v) is 9.68. The lowest BCUT2D eigenvalue weighted by Gasteiger charge is -2.40. The van der Waals surface area contributed by atoms with Gasteiger partial charge < -0.3 is 14.5 Å². The van der Waals surface area contributed by atoms with Crippen molar-refractivity contribution in [2.75, 3.05) is 37.6 Å². The number of ether oxygens (including phenoxy) is 1. The molecule has 0 radical (unpaired) electrons. The number of aromatic nitrogens is 1. The quantitative estimate of drug-likeness (QED) is 0.721. The van der Waals surface area contributed by atoms with Gasteiger partial charge in [0, 0.05) is 38.4 Å². The number of amides is 2. The average Bonchev–Trinajstić information content (AvgIpc) is 2.96. The molecule has 0 aliphatic carbocycles. The number of pyridine rings is 1. The number of carbonyl (C=O) groups is 2. The van der Waals surface area contributed by atoms with Gasteiger partial charge in [0.05, 0.1) is 12.2 Å². The van der Waals surface area contributed by atoms with E-state index in [1.165, 1.54) is 0 Å². The van der Waals surface area contributed by atoms with E-state index < -0.39 is 5.60 Å². The van der Waals surface area contributed by atoms with Crippen LogP contribution in [0.2, 0.25) is 5.15 Å². The summed E-state index contributed by atoms with van der Waals surface area (Å²) in [5, 5.41) is 0.396. The Hall–Kier alpha value is -1.86. The molecule has 1 aromatic heterocycles. The third-order valence-electron chi connectivity index (χ3n) is 4.82. The summed E-state index contributed by atoms with van der Waals surface area (Å²) in [6.45, 7) is 10.4. The maximum Gasteiger partial charge on any atom is 0.410 e. The summed E-state index contributed by atoms with van der Waals surface area (Å²) in [5.41, 5.74) is 1.40. The molecule has 0 N–H and O–H groups in total. The molecule has 1 atom stereocenters. The minimum absolute atomic E-state index is 0.00842. The van der Waals surface area contributed by atoms with E-state index in [4.69, 9.17) is 16.3 Å². The highest BCUT2D eigenvalue weighted by molar-refractivity contribution is 6.29. The second-order valence-electron chi connectivity index (χ2n) is 8.19. The van der Waals surface area contributed by atoms with Crippen molar-refractivity contribution in [3.8, 4) is 0 Å². The monoisotopic (exact) mass is 394 g/mol. The summed E-state index contributed by atoms with van der Waals surface area (Å²) in [6.07, 6.45) is 2.25. The van der Waals surface area contributed by atoms with Crippen LogP contribution in [0.4, 0.5) is 10.5 Å². The maximum absolute atomic E-state index is 12.8. The summed E-state index contributed by atoms with van der Waals surface area (Å²) in [6, 6.07) is 1.75. The SMILES string of the molecule is C[C@@H]1CN(CC(=O)N2CCc3cnc(Cl)cc32)CCN1C(=O)OC(C)(C)C. The van der Waals surface area contributed by atoms with E-state index in [0.29, 0.717) is 37.9 Å². The van der Waals surface area contributed by atoms with Gasteiger partial charge >= 0.3 is 6.09 Å². The molecule has 1 aromatic rings. The zero-order chi connectivity index (χ0) is 19.8. The van der Waals surface area contributed by atoms with E-state index in [0.717, 1.165) is 17.7 Å². The number of hydrogen-bond donors (Lipinski definition) is 0. The molecule has 0 spiro atoms. The van der Waals surface area contributed by atoms with E-state index in [1.807, 2.05) is 27.7 Å². The summed E-state index contributed by atoms with van der Waals surface area (Å²) in [5.74, 6) is 0.0499. The first-order chi connectivity index (χ1) is 12.6. The number of fused-ring (bicyclic) bond motifs is 1. The molecular weight excluding hydrogens is 368 g/mol. The normalized spacial score (nSPS) is 20.6. The fraction of sp³-hybridized carbons (Fsp3) is 0.632. The smallest absolute Gasteiger partial charge is 0.410 e. The Kier molecular flexibility index (Phi) is 5.63. The molecule has 3 rings (SSSR count). The van der Waals surface area contributed by atoms with Crippen LogP contribution in [0.1, 0.15) is 33.3 Å². The number of hydrogen-bond acceptors (Lipinski definition) is 5. The summed E-state index contributed by atoms with van der Waals surface area (Å²) < 4.78 is 5.47. The third-order valence-corrected chi connectivity index (χ3v) is 5.03. The van der Waals surface area contributed by atoms with Gasteiger partial charge in [-0.3, -0.25) is 9.69 Å². The first kappa shape index (κ1) is 19.9. The van der Waals surface area contributed by atoms with E-state index >= 15 is 0 Å². The zero-order valence-electron chi connectivity index (χ0n) is 16.4. The standard InChI is InChI=1S/C19H27ClN4O3/c1-13-11-22(7-8-23(13)18(26)27-19(2,3)4)12-17(25)24-6-5-14-10-21-16(20)9-15(14)24/h9-10,13H,5-8,11-12H2,1-4H3/t13-/m1/s1. The fourth-order valence-electron chi connectivity index (χ4n) is 3.55. The highest BCUT2D eigenvalue weighted by Gasteiger charge is 2.33. The first-order valence-electron chi connectivity index (χ1n) is 9.31. The molecule has 2 amide bonds. The van der Waals surface area contributed by atoms with Crippen LogP contribution in [0, 0.1) is 0 Å². The lowest BCUT2D eigenvalue weighted by Crippen LogP contribution is -2.56. The van der Waals surface area contributed by atoms with Gasteiger partial charge in [-0.15, -0.1) is 0 Å². The van der Waals surface area contributed by atoms with Crippen molar-refractivity contribution in [3.05, 3.63) is 23.0 Å². The molecule has 148 valence electrons. The van der Waals surface area contributed by atoms with Crippen LogP contribution < -0.4 is 4.90 Å². The van der Waals surface area contributed by atoms with Crippen LogP contribution in [0.15, 0.2) is 12.3 Å². The van der Waals surface area contributed by atoms with Gasteiger partial charge in [0.15, 0.2) is 0 Å². The second-order valence-corrected chi connectivity index (χ2v) is 8.58. The number of rotatable bonds is 2. The lowest BCUT2D eigenvalue weighted by molar-refractivity contribution is -0.120. The molecule has 27 heavy (non-hydrogen) atoms. The Morgan fingerprint density at radius 2 is 2.04 bits per heavy atom. The van der Waals surface area contributed by atoms with Gasteiger partial charge in [-0.2, -0.15) is 0 Å². The predicted molar refractivity (Wildman–Crippen MR) is 104 cm³/mol. The highest BCUT2D eigenvalue weighted by Crippen LogP contribution is 2.29. The predicted octanol–water partition coefficient (Wildman–Crippen LogP) is 2.57. The molecule has 2 aliphatic heterocycles. The van der Waals surface area contributed by atoms with Crippen molar-refractivity contribution in [1.82, 2.24) is 14.8 Å². The molecule has 3 heterocycles. The molecule has 0 bridgehead atoms. The molecule has 1 fully saturated rings. The van der Waals surface area contributed by atoms with Gasteiger partial charge in [-0.25, -0.2) is 9.78 Å². The molecule has 1 saturated heterocycles. The molecule has 8 heteroatoms.